The predicted molar refractivity (Wildman–Crippen MR) is 70.7 cm³/mol. The second-order valence-electron chi connectivity index (χ2n) is 4.35. The number of rotatable bonds is 3. The zero-order chi connectivity index (χ0) is 14.9. The summed E-state index contributed by atoms with van der Waals surface area (Å²) < 4.78 is 38.0. The van der Waals surface area contributed by atoms with E-state index < -0.39 is 12.1 Å². The van der Waals surface area contributed by atoms with E-state index in [0.29, 0.717) is 5.15 Å². The van der Waals surface area contributed by atoms with Crippen LogP contribution < -0.4 is 5.32 Å². The Labute approximate surface area is 118 Å². The summed E-state index contributed by atoms with van der Waals surface area (Å²) in [5.74, 6) is -1.94. The first kappa shape index (κ1) is 14.7. The van der Waals surface area contributed by atoms with Crippen molar-refractivity contribution in [2.24, 2.45) is 7.05 Å². The molecule has 20 heavy (non-hydrogen) atoms. The Bertz CT molecular complexity index is 649. The summed E-state index contributed by atoms with van der Waals surface area (Å²) in [4.78, 5) is 10.7. The Hall–Kier alpha value is -1.69. The monoisotopic (exact) mass is 304 g/mol. The lowest BCUT2D eigenvalue weighted by atomic mass is 10.1. The molecule has 2 rings (SSSR count). The maximum absolute atomic E-state index is 12.1. The average Bonchev–Trinajstić information content (AvgIpc) is 2.63. The van der Waals surface area contributed by atoms with Crippen molar-refractivity contribution in [1.29, 1.82) is 0 Å². The van der Waals surface area contributed by atoms with Crippen LogP contribution in [0.5, 0.6) is 0 Å². The summed E-state index contributed by atoms with van der Waals surface area (Å²) in [5.41, 5.74) is 1.63. The van der Waals surface area contributed by atoms with Gasteiger partial charge in [-0.25, -0.2) is 0 Å². The average molecular weight is 305 g/mol. The third-order valence-corrected chi connectivity index (χ3v) is 3.53. The summed E-state index contributed by atoms with van der Waals surface area (Å²) in [6.45, 7) is -0.119. The number of nitrogens with zero attached hydrogens (tertiary/aromatic N) is 1. The fourth-order valence-corrected chi connectivity index (χ4v) is 2.37. The van der Waals surface area contributed by atoms with Crippen molar-refractivity contribution in [3.05, 3.63) is 35.0 Å². The lowest BCUT2D eigenvalue weighted by Crippen LogP contribution is -2.37. The van der Waals surface area contributed by atoms with Gasteiger partial charge in [0.2, 0.25) is 0 Å². The third-order valence-electron chi connectivity index (χ3n) is 3.05. The molecule has 0 saturated heterocycles. The van der Waals surface area contributed by atoms with Gasteiger partial charge in [0.1, 0.15) is 5.15 Å². The highest BCUT2D eigenvalue weighted by atomic mass is 35.5. The molecule has 0 unspecified atom stereocenters. The molecule has 1 amide bonds. The van der Waals surface area contributed by atoms with Crippen LogP contribution >= 0.6 is 11.6 Å². The fraction of sp³-hybridized carbons (Fsp3) is 0.308. The Morgan fingerprint density at radius 3 is 2.65 bits per heavy atom. The molecule has 7 heteroatoms. The second kappa shape index (κ2) is 5.36. The van der Waals surface area contributed by atoms with E-state index in [1.807, 2.05) is 29.6 Å². The molecule has 2 aromatic rings. The molecule has 3 nitrogen and oxygen atoms in total. The number of amides is 1. The van der Waals surface area contributed by atoms with Crippen LogP contribution in [0.4, 0.5) is 13.2 Å². The number of hydrogen-bond acceptors (Lipinski definition) is 1. The molecule has 1 aromatic heterocycles. The normalized spacial score (nSPS) is 11.8. The van der Waals surface area contributed by atoms with E-state index in [1.165, 1.54) is 0 Å². The third kappa shape index (κ3) is 2.75. The molecular weight excluding hydrogens is 293 g/mol. The first-order chi connectivity index (χ1) is 9.32. The SMILES string of the molecule is Cn1c(Cl)c(CCNC(=O)C(F)(F)F)c2ccccc21. The van der Waals surface area contributed by atoms with Gasteiger partial charge in [-0.15, -0.1) is 0 Å². The van der Waals surface area contributed by atoms with Gasteiger partial charge < -0.3 is 9.88 Å². The number of alkyl halides is 3. The Morgan fingerprint density at radius 2 is 2.00 bits per heavy atom. The van der Waals surface area contributed by atoms with Crippen molar-refractivity contribution in [3.8, 4) is 0 Å². The molecule has 1 N–H and O–H groups in total. The summed E-state index contributed by atoms with van der Waals surface area (Å²) in [6, 6.07) is 7.41. The molecule has 0 spiro atoms. The predicted octanol–water partition coefficient (Wildman–Crippen LogP) is 3.05. The fourth-order valence-electron chi connectivity index (χ4n) is 2.08. The molecule has 0 aliphatic rings. The highest BCUT2D eigenvalue weighted by Gasteiger charge is 2.38. The van der Waals surface area contributed by atoms with Gasteiger partial charge in [0.15, 0.2) is 0 Å². The Kier molecular flexibility index (Phi) is 3.94. The molecule has 1 aromatic carbocycles. The highest BCUT2D eigenvalue weighted by molar-refractivity contribution is 6.32. The summed E-state index contributed by atoms with van der Waals surface area (Å²) in [5, 5.41) is 3.18. The quantitative estimate of drug-likeness (QED) is 0.929. The zero-order valence-electron chi connectivity index (χ0n) is 10.6. The number of aryl methyl sites for hydroxylation is 1. The van der Waals surface area contributed by atoms with Crippen LogP contribution in [0.2, 0.25) is 5.15 Å². The molecule has 0 saturated carbocycles. The minimum Gasteiger partial charge on any atom is -0.348 e. The highest BCUT2D eigenvalue weighted by Crippen LogP contribution is 2.29. The van der Waals surface area contributed by atoms with Crippen LogP contribution in [-0.4, -0.2) is 23.2 Å². The first-order valence-electron chi connectivity index (χ1n) is 5.89. The van der Waals surface area contributed by atoms with Crippen molar-refractivity contribution in [1.82, 2.24) is 9.88 Å². The van der Waals surface area contributed by atoms with Gasteiger partial charge in [-0.2, -0.15) is 13.2 Å². The number of nitrogens with one attached hydrogen (secondary N) is 1. The summed E-state index contributed by atoms with van der Waals surface area (Å²) >= 11 is 6.17. The Balaban J connectivity index is 2.15. The van der Waals surface area contributed by atoms with Crippen LogP contribution in [0.3, 0.4) is 0 Å². The standard InChI is InChI=1S/C13H12ClF3N2O/c1-19-10-5-3-2-4-8(10)9(11(19)14)6-7-18-12(20)13(15,16)17/h2-5H,6-7H2,1H3,(H,18,20). The van der Waals surface area contributed by atoms with Crippen LogP contribution in [0, 0.1) is 0 Å². The van der Waals surface area contributed by atoms with E-state index >= 15 is 0 Å². The molecule has 108 valence electrons. The number of aromatic nitrogens is 1. The minimum atomic E-state index is -4.86. The molecular formula is C13H12ClF3N2O. The number of halogens is 4. The van der Waals surface area contributed by atoms with E-state index in [2.05, 4.69) is 0 Å². The van der Waals surface area contributed by atoms with Gasteiger partial charge in [-0.05, 0) is 18.1 Å². The van der Waals surface area contributed by atoms with E-state index in [4.69, 9.17) is 11.6 Å². The smallest absolute Gasteiger partial charge is 0.348 e. The number of carbonyl (C=O) groups is 1. The largest absolute Gasteiger partial charge is 0.471 e. The topological polar surface area (TPSA) is 34.0 Å². The molecule has 0 fully saturated rings. The molecule has 0 atom stereocenters. The Morgan fingerprint density at radius 1 is 1.35 bits per heavy atom. The van der Waals surface area contributed by atoms with E-state index in [-0.39, 0.29) is 13.0 Å². The maximum atomic E-state index is 12.1. The van der Waals surface area contributed by atoms with E-state index in [0.717, 1.165) is 16.5 Å². The lowest BCUT2D eigenvalue weighted by Gasteiger charge is -2.07. The van der Waals surface area contributed by atoms with Crippen LogP contribution in [0.25, 0.3) is 10.9 Å². The van der Waals surface area contributed by atoms with Crippen LogP contribution in [-0.2, 0) is 18.3 Å². The maximum Gasteiger partial charge on any atom is 0.471 e. The molecule has 0 aliphatic heterocycles. The molecule has 0 aliphatic carbocycles. The van der Waals surface area contributed by atoms with Gasteiger partial charge >= 0.3 is 12.1 Å². The van der Waals surface area contributed by atoms with Crippen molar-refractivity contribution < 1.29 is 18.0 Å². The minimum absolute atomic E-state index is 0.119. The van der Waals surface area contributed by atoms with Crippen molar-refractivity contribution in [2.45, 2.75) is 12.6 Å². The van der Waals surface area contributed by atoms with Crippen LogP contribution in [0.1, 0.15) is 5.56 Å². The first-order valence-corrected chi connectivity index (χ1v) is 6.27. The zero-order valence-corrected chi connectivity index (χ0v) is 11.3. The number of fused-ring (bicyclic) bond motifs is 1. The molecule has 0 radical (unpaired) electrons. The summed E-state index contributed by atoms with van der Waals surface area (Å²) in [7, 11) is 1.78. The van der Waals surface area contributed by atoms with Crippen molar-refractivity contribution >= 4 is 28.4 Å². The van der Waals surface area contributed by atoms with Gasteiger partial charge in [-0.3, -0.25) is 4.79 Å². The lowest BCUT2D eigenvalue weighted by molar-refractivity contribution is -0.173. The molecule has 1 heterocycles. The number of benzene rings is 1. The summed E-state index contributed by atoms with van der Waals surface area (Å²) in [6.07, 6.45) is -4.62. The van der Waals surface area contributed by atoms with Crippen molar-refractivity contribution in [2.75, 3.05) is 6.54 Å². The number of hydrogen-bond donors (Lipinski definition) is 1. The second-order valence-corrected chi connectivity index (χ2v) is 4.71. The van der Waals surface area contributed by atoms with Gasteiger partial charge in [0.25, 0.3) is 0 Å². The van der Waals surface area contributed by atoms with E-state index in [9.17, 15) is 18.0 Å². The van der Waals surface area contributed by atoms with Gasteiger partial charge in [-0.1, -0.05) is 29.8 Å². The molecule has 0 bridgehead atoms. The van der Waals surface area contributed by atoms with Gasteiger partial charge in [0.05, 0.1) is 0 Å². The van der Waals surface area contributed by atoms with Gasteiger partial charge in [0, 0.05) is 24.5 Å². The van der Waals surface area contributed by atoms with Crippen molar-refractivity contribution in [3.63, 3.8) is 0 Å². The van der Waals surface area contributed by atoms with E-state index in [1.54, 1.807) is 11.6 Å². The van der Waals surface area contributed by atoms with Crippen LogP contribution in [0.15, 0.2) is 24.3 Å². The number of para-hydroxylation sites is 1. The number of carbonyl (C=O) groups excluding carboxylic acids is 1.